The van der Waals surface area contributed by atoms with Gasteiger partial charge in [-0.3, -0.25) is 24.5 Å². The van der Waals surface area contributed by atoms with Crippen LogP contribution in [0.4, 0.5) is 25.8 Å². The molecule has 0 saturated heterocycles. The van der Waals surface area contributed by atoms with Crippen molar-refractivity contribution in [2.24, 2.45) is 16.6 Å². The average Bonchev–Trinajstić information content (AvgIpc) is 3.04. The monoisotopic (exact) mass is 1260 g/mol. The van der Waals surface area contributed by atoms with Gasteiger partial charge in [0.1, 0.15) is 34.5 Å². The van der Waals surface area contributed by atoms with Crippen LogP contribution in [-0.2, 0) is 57.3 Å². The van der Waals surface area contributed by atoms with Crippen LogP contribution in [0.2, 0.25) is 0 Å². The van der Waals surface area contributed by atoms with Crippen molar-refractivity contribution in [3.8, 4) is 24.7 Å². The zero-order chi connectivity index (χ0) is 70.0. The molecule has 504 valence electrons. The quantitative estimate of drug-likeness (QED) is 0.0212. The summed E-state index contributed by atoms with van der Waals surface area (Å²) < 4.78 is 21.6. The average molecular weight is 1270 g/mol. The number of pyridine rings is 2. The number of terminal acetylenes is 2. The molecule has 25 nitrogen and oxygen atoms in total. The molecule has 2 aromatic heterocycles. The summed E-state index contributed by atoms with van der Waals surface area (Å²) in [7, 11) is 0. The fourth-order valence-electron chi connectivity index (χ4n) is 7.49. The first-order chi connectivity index (χ1) is 41.5. The van der Waals surface area contributed by atoms with Crippen molar-refractivity contribution in [1.29, 1.82) is 0 Å². The van der Waals surface area contributed by atoms with Crippen molar-refractivity contribution in [2.75, 3.05) is 36.4 Å². The molecule has 6 amide bonds. The highest BCUT2D eigenvalue weighted by molar-refractivity contribution is 5.92. The summed E-state index contributed by atoms with van der Waals surface area (Å²) in [4.78, 5) is 130. The van der Waals surface area contributed by atoms with Crippen molar-refractivity contribution in [1.82, 2.24) is 36.6 Å². The Balaban J connectivity index is -0.00000139. The van der Waals surface area contributed by atoms with Gasteiger partial charge in [0.15, 0.2) is 0 Å². The summed E-state index contributed by atoms with van der Waals surface area (Å²) in [6, 6.07) is 3.56. The second-order valence-corrected chi connectivity index (χ2v) is 26.5. The van der Waals surface area contributed by atoms with Crippen LogP contribution in [0.3, 0.4) is 0 Å². The molecule has 0 aromatic carbocycles. The maximum atomic E-state index is 13.1. The van der Waals surface area contributed by atoms with Crippen molar-refractivity contribution < 1.29 is 71.7 Å². The minimum Gasteiger partial charge on any atom is -0.460 e. The van der Waals surface area contributed by atoms with Crippen LogP contribution in [0.1, 0.15) is 189 Å². The molecule has 90 heavy (non-hydrogen) atoms. The second kappa shape index (κ2) is 44.1. The molecule has 0 aliphatic carbocycles. The smallest absolute Gasteiger partial charge is 0.373 e. The lowest BCUT2D eigenvalue weighted by Crippen LogP contribution is -2.53. The molecule has 25 heteroatoms. The third kappa shape index (κ3) is 47.7. The molecule has 0 aliphatic rings. The van der Waals surface area contributed by atoms with E-state index in [0.29, 0.717) is 38.2 Å². The number of aromatic nitrogens is 2. The van der Waals surface area contributed by atoms with E-state index in [1.807, 2.05) is 53.7 Å². The summed E-state index contributed by atoms with van der Waals surface area (Å²) in [5.74, 6) is 2.88. The van der Waals surface area contributed by atoms with Gasteiger partial charge in [-0.05, 0) is 170 Å². The van der Waals surface area contributed by atoms with Crippen molar-refractivity contribution in [3.63, 3.8) is 0 Å². The third-order valence-corrected chi connectivity index (χ3v) is 11.5. The molecule has 2 aromatic rings. The number of carbonyl (C=O) groups excluding carboxylic acids is 11. The van der Waals surface area contributed by atoms with E-state index in [0.717, 1.165) is 31.4 Å². The lowest BCUT2D eigenvalue weighted by atomic mass is 9.84. The minimum atomic E-state index is -1.03. The number of hydrogen-bond donors (Lipinski definition) is 7. The fraction of sp³-hybridized carbons (Fsp3) is 0.646. The Bertz CT molecular complexity index is 2580. The van der Waals surface area contributed by atoms with Crippen LogP contribution < -0.4 is 42.5 Å². The first kappa shape index (κ1) is 85.8. The molecule has 0 unspecified atom stereocenters. The maximum absolute atomic E-state index is 13.1. The molecule has 2 heterocycles. The van der Waals surface area contributed by atoms with Crippen LogP contribution in [0, 0.1) is 35.5 Å². The third-order valence-electron chi connectivity index (χ3n) is 11.5. The van der Waals surface area contributed by atoms with Gasteiger partial charge in [-0.15, -0.1) is 12.8 Å². The van der Waals surface area contributed by atoms with E-state index in [4.69, 9.17) is 56.7 Å². The van der Waals surface area contributed by atoms with Gasteiger partial charge in [-0.25, -0.2) is 24.0 Å². The summed E-state index contributed by atoms with van der Waals surface area (Å²) >= 11 is 0. The highest BCUT2D eigenvalue weighted by Crippen LogP contribution is 2.25. The van der Waals surface area contributed by atoms with Gasteiger partial charge in [0, 0.05) is 67.6 Å². The fourth-order valence-corrected chi connectivity index (χ4v) is 7.49. The SMILES string of the molecule is C#CCN(C(=O)NCCCC[C@H](NC(=O)N[C@@H](CCC(=O)OC(C)(C)C)C(=O)OC(C)(C)C)C(C)(C)C)c1ccncc1.C#CCNc1ccncc1.CC(C)(C)OC(=O)CC[C@H](NC(=O)N[C@@H](CCCCN)C(C)(C)C)C(=O)OC(C)(C)C.O=C=O.O=C=O. The Morgan fingerprint density at radius 3 is 1.22 bits per heavy atom. The van der Waals surface area contributed by atoms with Crippen LogP contribution in [0.5, 0.6) is 0 Å². The number of anilines is 2. The standard InChI is InChI=1S/C32H51N5O6.C23H45N3O5.C8H8N2.2CO2/c1-11-22-37(23-17-20-33-21-18-23)29(41)34-19-13-12-14-25(30(2,3)4)36-28(40)35-24(27(39)43-32(8,9)10)15-16-26(38)42-31(5,6)7;1-21(2,3)17(12-10-11-15-24)26-20(29)25-16(19(28)31-23(7,8)9)13-14-18(27)30-22(4,5)6;1-2-5-10-8-3-6-9-7-4-8;2*2-1-3/h1,17-18,20-21,24-25H,12-16,19,22H2,2-10H3,(H,34,41)(H2,35,36,40);16-17H,10-15,24H2,1-9H3,(H2,25,26,29);1,3-4,6-7H,5H2,(H,9,10);;/t24-,25-;16-,17-;;;/m00.../s1. The van der Waals surface area contributed by atoms with Crippen LogP contribution in [-0.4, -0.2) is 137 Å². The predicted octanol–water partition coefficient (Wildman–Crippen LogP) is 8.57. The van der Waals surface area contributed by atoms with E-state index < -0.39 is 70.4 Å². The Hall–Kier alpha value is -8.37. The number of urea groups is 3. The molecule has 8 N–H and O–H groups in total. The van der Waals surface area contributed by atoms with Crippen LogP contribution >= 0.6 is 0 Å². The Morgan fingerprint density at radius 1 is 0.522 bits per heavy atom. The molecule has 0 fully saturated rings. The van der Waals surface area contributed by atoms with Crippen molar-refractivity contribution in [3.05, 3.63) is 49.1 Å². The number of hydrogen-bond acceptors (Lipinski definition) is 19. The summed E-state index contributed by atoms with van der Waals surface area (Å²) in [5.41, 5.74) is 4.04. The van der Waals surface area contributed by atoms with Gasteiger partial charge < -0.3 is 56.6 Å². The second-order valence-electron chi connectivity index (χ2n) is 26.5. The van der Waals surface area contributed by atoms with Gasteiger partial charge in [0.25, 0.3) is 0 Å². The number of nitrogens with two attached hydrogens (primary N) is 1. The Kier molecular flexibility index (Phi) is 42.1. The maximum Gasteiger partial charge on any atom is 0.373 e. The Morgan fingerprint density at radius 2 is 0.889 bits per heavy atom. The van der Waals surface area contributed by atoms with Crippen molar-refractivity contribution in [2.45, 2.75) is 235 Å². The predicted molar refractivity (Wildman–Crippen MR) is 341 cm³/mol. The van der Waals surface area contributed by atoms with Gasteiger partial charge >= 0.3 is 54.3 Å². The first-order valence-electron chi connectivity index (χ1n) is 29.7. The number of amides is 6. The van der Waals surface area contributed by atoms with E-state index in [9.17, 15) is 33.6 Å². The molecule has 0 saturated carbocycles. The molecule has 0 radical (unpaired) electrons. The van der Waals surface area contributed by atoms with Crippen molar-refractivity contribution >= 4 is 65.6 Å². The topological polar surface area (TPSA) is 352 Å². The minimum absolute atomic E-state index is 0.0132. The zero-order valence-corrected chi connectivity index (χ0v) is 56.5. The lowest BCUT2D eigenvalue weighted by molar-refractivity contribution is -0.193. The van der Waals surface area contributed by atoms with E-state index in [1.54, 1.807) is 120 Å². The molecule has 0 bridgehead atoms. The lowest BCUT2D eigenvalue weighted by Gasteiger charge is -2.32. The zero-order valence-electron chi connectivity index (χ0n) is 56.5. The van der Waals surface area contributed by atoms with E-state index in [1.165, 1.54) is 4.90 Å². The van der Waals surface area contributed by atoms with Gasteiger partial charge in [-0.1, -0.05) is 59.8 Å². The number of esters is 4. The highest BCUT2D eigenvalue weighted by atomic mass is 16.6. The number of rotatable bonds is 25. The molecule has 4 atom stereocenters. The number of nitrogens with zero attached hydrogens (tertiary/aromatic N) is 3. The molecule has 0 aliphatic heterocycles. The highest BCUT2D eigenvalue weighted by Gasteiger charge is 2.33. The van der Waals surface area contributed by atoms with Gasteiger partial charge in [0.05, 0.1) is 13.1 Å². The summed E-state index contributed by atoms with van der Waals surface area (Å²) in [5, 5.41) is 17.3. The van der Waals surface area contributed by atoms with E-state index in [-0.39, 0.29) is 73.5 Å². The van der Waals surface area contributed by atoms with E-state index in [2.05, 4.69) is 53.7 Å². The molecule has 0 spiro atoms. The largest absolute Gasteiger partial charge is 0.460 e. The normalized spacial score (nSPS) is 12.3. The number of unbranched alkanes of at least 4 members (excludes halogenated alkanes) is 2. The molecular formula is C65H104N10O15. The number of nitrogens with one attached hydrogen (secondary N) is 6. The summed E-state index contributed by atoms with van der Waals surface area (Å²) in [6.45, 7) is 35.0. The summed E-state index contributed by atoms with van der Waals surface area (Å²) in [6.07, 6.45) is 22.3. The number of ether oxygens (including phenoxy) is 4. The van der Waals surface area contributed by atoms with E-state index >= 15 is 0 Å². The molecule has 2 rings (SSSR count). The van der Waals surface area contributed by atoms with Crippen LogP contribution in [0.15, 0.2) is 49.1 Å². The molecular weight excluding hydrogens is 1160 g/mol. The Labute approximate surface area is 534 Å². The number of carbonyl (C=O) groups is 7. The van der Waals surface area contributed by atoms with Crippen LogP contribution in [0.25, 0.3) is 0 Å². The first-order valence-corrected chi connectivity index (χ1v) is 29.7. The van der Waals surface area contributed by atoms with Gasteiger partial charge in [0.2, 0.25) is 0 Å². The van der Waals surface area contributed by atoms with Gasteiger partial charge in [-0.2, -0.15) is 19.2 Å².